The van der Waals surface area contributed by atoms with Crippen LogP contribution in [0.1, 0.15) is 49.0 Å². The van der Waals surface area contributed by atoms with Crippen LogP contribution in [0.2, 0.25) is 0 Å². The van der Waals surface area contributed by atoms with E-state index in [2.05, 4.69) is 4.90 Å². The Kier molecular flexibility index (Phi) is 8.03. The van der Waals surface area contributed by atoms with Crippen molar-refractivity contribution in [2.45, 2.75) is 74.1 Å². The highest BCUT2D eigenvalue weighted by atomic mass is 16.6. The third-order valence-electron chi connectivity index (χ3n) is 9.61. The van der Waals surface area contributed by atoms with Gasteiger partial charge in [-0.15, -0.1) is 0 Å². The summed E-state index contributed by atoms with van der Waals surface area (Å²) in [5.74, 6) is -3.70. The number of rotatable bonds is 10. The molecule has 1 spiro atoms. The predicted octanol–water partition coefficient (Wildman–Crippen LogP) is 1.57. The number of nitrogens with zero attached hydrogens (tertiary/aromatic N) is 1. The third kappa shape index (κ3) is 4.89. The van der Waals surface area contributed by atoms with Crippen LogP contribution in [0.15, 0.2) is 54.3 Å². The van der Waals surface area contributed by atoms with Gasteiger partial charge in [-0.25, -0.2) is 14.4 Å². The van der Waals surface area contributed by atoms with E-state index in [1.54, 1.807) is 24.3 Å². The number of piperidine rings is 1. The van der Waals surface area contributed by atoms with Gasteiger partial charge in [-0.05, 0) is 51.1 Å². The highest BCUT2D eigenvalue weighted by Crippen LogP contribution is 2.65. The first-order valence-electron chi connectivity index (χ1n) is 15.0. The molecule has 13 heteroatoms. The van der Waals surface area contributed by atoms with Crippen LogP contribution in [-0.4, -0.2) is 94.8 Å². The fraction of sp³-hybridized carbons (Fsp3) is 0.455. The lowest BCUT2D eigenvalue weighted by Gasteiger charge is -2.61. The van der Waals surface area contributed by atoms with Gasteiger partial charge in [0.2, 0.25) is 6.10 Å². The van der Waals surface area contributed by atoms with Gasteiger partial charge in [-0.1, -0.05) is 36.4 Å². The maximum absolute atomic E-state index is 13.0. The van der Waals surface area contributed by atoms with E-state index in [1.165, 1.54) is 19.2 Å². The molecular formula is C33H35NO12. The molecule has 2 heterocycles. The summed E-state index contributed by atoms with van der Waals surface area (Å²) in [6.45, 7) is 1.83. The molecule has 0 saturated carbocycles. The topological polar surface area (TPSA) is 178 Å². The Bertz CT molecular complexity index is 1610. The van der Waals surface area contributed by atoms with Crippen molar-refractivity contribution in [3.63, 3.8) is 0 Å². The number of aliphatic hydroxyl groups is 2. The van der Waals surface area contributed by atoms with Crippen LogP contribution in [0.5, 0.6) is 11.5 Å². The van der Waals surface area contributed by atoms with Crippen molar-refractivity contribution in [2.75, 3.05) is 20.7 Å². The zero-order chi connectivity index (χ0) is 33.0. The van der Waals surface area contributed by atoms with E-state index >= 15 is 0 Å². The molecule has 3 N–H and O–H groups in total. The summed E-state index contributed by atoms with van der Waals surface area (Å²) in [6, 6.07) is 11.3. The Morgan fingerprint density at radius 3 is 2.52 bits per heavy atom. The number of carboxylic acid groups (broad SMARTS) is 1. The largest absolute Gasteiger partial charge is 0.493 e. The van der Waals surface area contributed by atoms with E-state index in [-0.39, 0.29) is 23.8 Å². The van der Waals surface area contributed by atoms with Crippen LogP contribution in [0.25, 0.3) is 0 Å². The lowest BCUT2D eigenvalue weighted by molar-refractivity contribution is -0.180. The molecule has 1 saturated heterocycles. The van der Waals surface area contributed by atoms with Crippen molar-refractivity contribution in [3.8, 4) is 11.5 Å². The van der Waals surface area contributed by atoms with E-state index in [0.717, 1.165) is 18.1 Å². The van der Waals surface area contributed by atoms with Crippen LogP contribution in [0.4, 0.5) is 0 Å². The maximum Gasteiger partial charge on any atom is 0.349 e. The van der Waals surface area contributed by atoms with Gasteiger partial charge in [0.15, 0.2) is 29.8 Å². The van der Waals surface area contributed by atoms with Crippen molar-refractivity contribution in [1.29, 1.82) is 0 Å². The van der Waals surface area contributed by atoms with Gasteiger partial charge in [0.05, 0.1) is 24.5 Å². The lowest BCUT2D eigenvalue weighted by atomic mass is 9.50. The van der Waals surface area contributed by atoms with E-state index in [0.29, 0.717) is 30.9 Å². The van der Waals surface area contributed by atoms with Crippen molar-refractivity contribution in [1.82, 2.24) is 4.90 Å². The molecule has 6 rings (SSSR count). The molecule has 2 bridgehead atoms. The number of carboxylic acids is 1. The van der Waals surface area contributed by atoms with Crippen LogP contribution in [0, 0.1) is 0 Å². The molecule has 13 nitrogen and oxygen atoms in total. The molecule has 0 radical (unpaired) electrons. The van der Waals surface area contributed by atoms with Crippen molar-refractivity contribution in [3.05, 3.63) is 71.0 Å². The second-order valence-corrected chi connectivity index (χ2v) is 12.1. The number of aliphatic hydroxyl groups excluding tert-OH is 1. The monoisotopic (exact) mass is 637 g/mol. The summed E-state index contributed by atoms with van der Waals surface area (Å²) in [5.41, 5.74) is -0.0389. The predicted molar refractivity (Wildman–Crippen MR) is 157 cm³/mol. The fourth-order valence-corrected chi connectivity index (χ4v) is 7.40. The molecule has 2 aromatic rings. The molecule has 244 valence electrons. The zero-order valence-corrected chi connectivity index (χ0v) is 25.5. The summed E-state index contributed by atoms with van der Waals surface area (Å²) in [7, 11) is 3.50. The number of aliphatic carboxylic acids is 1. The highest BCUT2D eigenvalue weighted by Gasteiger charge is 2.72. The Morgan fingerprint density at radius 1 is 1.09 bits per heavy atom. The van der Waals surface area contributed by atoms with Gasteiger partial charge < -0.3 is 43.9 Å². The molecule has 7 atom stereocenters. The van der Waals surface area contributed by atoms with Gasteiger partial charge in [-0.3, -0.25) is 4.79 Å². The standard InChI is InChI=1S/C33H35NO12/c1-17(30(39)46-26(29(37)38)18-7-5-4-6-8-18)43-31(40)20(35)16-24(36)44-22-11-12-33(41)23-15-19-9-10-21(42-3)27-25(19)32(33,28(22)45-27)13-14-34(23)2/h4-11,17,20,23,26,28,35,41H,12-16H2,1-3H3,(H,37,38)/t17?,20?,23-,26+,28+,32+,33-/m1/s1. The second kappa shape index (κ2) is 11.7. The molecular weight excluding hydrogens is 602 g/mol. The van der Waals surface area contributed by atoms with Gasteiger partial charge in [-0.2, -0.15) is 0 Å². The van der Waals surface area contributed by atoms with Gasteiger partial charge in [0.1, 0.15) is 5.76 Å². The normalized spacial score (nSPS) is 27.5. The van der Waals surface area contributed by atoms with Crippen molar-refractivity contribution < 1.29 is 58.2 Å². The minimum absolute atomic E-state index is 0.155. The molecule has 46 heavy (non-hydrogen) atoms. The average Bonchev–Trinajstić information content (AvgIpc) is 3.39. The molecule has 0 amide bonds. The molecule has 2 aliphatic carbocycles. The molecule has 4 aliphatic rings. The summed E-state index contributed by atoms with van der Waals surface area (Å²) in [5, 5.41) is 32.2. The number of hydrogen-bond donors (Lipinski definition) is 3. The van der Waals surface area contributed by atoms with Crippen LogP contribution in [-0.2, 0) is 45.2 Å². The number of benzene rings is 2. The van der Waals surface area contributed by atoms with Gasteiger partial charge in [0, 0.05) is 23.6 Å². The first-order valence-corrected chi connectivity index (χ1v) is 15.0. The van der Waals surface area contributed by atoms with Gasteiger partial charge in [0.25, 0.3) is 0 Å². The first-order chi connectivity index (χ1) is 21.9. The van der Waals surface area contributed by atoms with Crippen LogP contribution in [0.3, 0.4) is 0 Å². The van der Waals surface area contributed by atoms with E-state index in [9.17, 15) is 34.5 Å². The number of ether oxygens (including phenoxy) is 5. The van der Waals surface area contributed by atoms with E-state index < -0.39 is 65.7 Å². The Labute approximate surface area is 264 Å². The number of esters is 3. The Morgan fingerprint density at radius 2 is 1.83 bits per heavy atom. The Balaban J connectivity index is 1.13. The van der Waals surface area contributed by atoms with Crippen molar-refractivity contribution >= 4 is 23.9 Å². The minimum Gasteiger partial charge on any atom is -0.493 e. The number of hydrogen-bond acceptors (Lipinski definition) is 12. The van der Waals surface area contributed by atoms with Crippen molar-refractivity contribution in [2.24, 2.45) is 0 Å². The SMILES string of the molecule is COc1ccc2c3c1O[C@H]1C(OC(=O)CC(O)C(=O)OC(C)C(=O)O[C@H](C(=O)O)c4ccccc4)=CC[C@@]4(O)[C@@H](C2)N(C)CC[C@]314. The Hall–Kier alpha value is -4.46. The molecule has 1 fully saturated rings. The molecule has 2 aliphatic heterocycles. The number of methoxy groups -OCH3 is 1. The summed E-state index contributed by atoms with van der Waals surface area (Å²) in [6.07, 6.45) is -3.95. The second-order valence-electron chi connectivity index (χ2n) is 12.1. The summed E-state index contributed by atoms with van der Waals surface area (Å²) < 4.78 is 27.7. The number of likely N-dealkylation sites (N-methyl/N-ethyl adjacent to an activating group) is 1. The average molecular weight is 638 g/mol. The number of likely N-dealkylation sites (tertiary alicyclic amines) is 1. The van der Waals surface area contributed by atoms with E-state index in [1.807, 2.05) is 19.2 Å². The zero-order valence-electron chi connectivity index (χ0n) is 25.5. The summed E-state index contributed by atoms with van der Waals surface area (Å²) in [4.78, 5) is 51.9. The molecule has 2 unspecified atom stereocenters. The molecule has 2 aromatic carbocycles. The quantitative estimate of drug-likeness (QED) is 0.253. The first kappa shape index (κ1) is 31.5. The maximum atomic E-state index is 13.0. The fourth-order valence-electron chi connectivity index (χ4n) is 7.40. The third-order valence-corrected chi connectivity index (χ3v) is 9.61. The molecule has 0 aromatic heterocycles. The lowest BCUT2D eigenvalue weighted by Crippen LogP contribution is -2.74. The highest BCUT2D eigenvalue weighted by molar-refractivity contribution is 5.86. The number of carbonyl (C=O) groups is 4. The van der Waals surface area contributed by atoms with Gasteiger partial charge >= 0.3 is 23.9 Å². The number of carbonyl (C=O) groups excluding carboxylic acids is 3. The van der Waals surface area contributed by atoms with E-state index in [4.69, 9.17) is 23.7 Å². The van der Waals surface area contributed by atoms with Crippen LogP contribution < -0.4 is 9.47 Å². The minimum atomic E-state index is -2.00. The smallest absolute Gasteiger partial charge is 0.349 e. The van der Waals surface area contributed by atoms with Crippen LogP contribution >= 0.6 is 0 Å². The summed E-state index contributed by atoms with van der Waals surface area (Å²) >= 11 is 0.